The summed E-state index contributed by atoms with van der Waals surface area (Å²) in [6.45, 7) is 9.35. The number of aromatic amines is 1. The largest absolute Gasteiger partial charge is 0.299 e. The Labute approximate surface area is 104 Å². The smallest absolute Gasteiger partial charge is 0.270 e. The molecular formula is C14H26N2O. The van der Waals surface area contributed by atoms with E-state index in [0.29, 0.717) is 5.92 Å². The summed E-state index contributed by atoms with van der Waals surface area (Å²) in [5.41, 5.74) is 2.34. The van der Waals surface area contributed by atoms with E-state index in [2.05, 4.69) is 32.8 Å². The van der Waals surface area contributed by atoms with Gasteiger partial charge in [-0.25, -0.2) is 0 Å². The molecule has 0 radical (unpaired) electrons. The van der Waals surface area contributed by atoms with Gasteiger partial charge in [0.05, 0.1) is 0 Å². The van der Waals surface area contributed by atoms with Crippen molar-refractivity contribution >= 4 is 0 Å². The third kappa shape index (κ3) is 3.48. The highest BCUT2D eigenvalue weighted by atomic mass is 16.1. The predicted octanol–water partition coefficient (Wildman–Crippen LogP) is 3.44. The van der Waals surface area contributed by atoms with Gasteiger partial charge in [-0.3, -0.25) is 14.6 Å². The number of aryl methyl sites for hydroxylation is 2. The molecular weight excluding hydrogens is 212 g/mol. The summed E-state index contributed by atoms with van der Waals surface area (Å²) in [5.74, 6) is 0.313. The van der Waals surface area contributed by atoms with E-state index >= 15 is 0 Å². The van der Waals surface area contributed by atoms with E-state index < -0.39 is 0 Å². The Bertz CT molecular complexity index is 387. The first-order chi connectivity index (χ1) is 8.11. The zero-order chi connectivity index (χ0) is 12.8. The van der Waals surface area contributed by atoms with Crippen molar-refractivity contribution in [3.05, 3.63) is 21.6 Å². The Morgan fingerprint density at radius 3 is 2.35 bits per heavy atom. The highest BCUT2D eigenvalue weighted by Gasteiger charge is 2.16. The van der Waals surface area contributed by atoms with Crippen LogP contribution in [0.2, 0.25) is 0 Å². The number of nitrogens with zero attached hydrogens (tertiary/aromatic N) is 1. The summed E-state index contributed by atoms with van der Waals surface area (Å²) >= 11 is 0. The molecule has 1 aromatic heterocycles. The Morgan fingerprint density at radius 1 is 1.18 bits per heavy atom. The van der Waals surface area contributed by atoms with Crippen LogP contribution >= 0.6 is 0 Å². The zero-order valence-corrected chi connectivity index (χ0v) is 11.7. The Morgan fingerprint density at radius 2 is 1.82 bits per heavy atom. The number of rotatable bonds is 7. The molecule has 0 spiro atoms. The minimum absolute atomic E-state index is 0.194. The van der Waals surface area contributed by atoms with Gasteiger partial charge >= 0.3 is 0 Å². The lowest BCUT2D eigenvalue weighted by molar-refractivity contribution is 0.549. The van der Waals surface area contributed by atoms with E-state index in [1.165, 1.54) is 6.42 Å². The maximum Gasteiger partial charge on any atom is 0.270 e. The minimum atomic E-state index is 0.194. The van der Waals surface area contributed by atoms with Crippen molar-refractivity contribution in [2.24, 2.45) is 0 Å². The fourth-order valence-electron chi connectivity index (χ4n) is 2.16. The molecule has 0 aliphatic rings. The van der Waals surface area contributed by atoms with Crippen molar-refractivity contribution in [2.45, 2.75) is 72.3 Å². The van der Waals surface area contributed by atoms with Crippen LogP contribution in [0.3, 0.4) is 0 Å². The number of hydrogen-bond donors (Lipinski definition) is 1. The van der Waals surface area contributed by atoms with Crippen molar-refractivity contribution in [1.82, 2.24) is 9.78 Å². The molecule has 0 bridgehead atoms. The summed E-state index contributed by atoms with van der Waals surface area (Å²) in [7, 11) is 0. The molecule has 17 heavy (non-hydrogen) atoms. The van der Waals surface area contributed by atoms with Crippen molar-refractivity contribution in [3.63, 3.8) is 0 Å². The topological polar surface area (TPSA) is 37.8 Å². The van der Waals surface area contributed by atoms with Crippen LogP contribution in [0.5, 0.6) is 0 Å². The van der Waals surface area contributed by atoms with Crippen LogP contribution in [-0.2, 0) is 13.0 Å². The van der Waals surface area contributed by atoms with Crippen LogP contribution in [0.4, 0.5) is 0 Å². The molecule has 0 aliphatic heterocycles. The van der Waals surface area contributed by atoms with Gasteiger partial charge in [0.1, 0.15) is 0 Å². The molecule has 0 fully saturated rings. The Hall–Kier alpha value is -0.990. The van der Waals surface area contributed by atoms with Gasteiger partial charge in [-0.05, 0) is 25.2 Å². The van der Waals surface area contributed by atoms with Gasteiger partial charge < -0.3 is 0 Å². The first kappa shape index (κ1) is 14.1. The molecule has 1 N–H and O–H groups in total. The lowest BCUT2D eigenvalue weighted by atomic mass is 10.0. The number of unbranched alkanes of at least 4 members (excludes halogenated alkanes) is 2. The molecule has 0 amide bonds. The second kappa shape index (κ2) is 6.67. The molecule has 1 rings (SSSR count). The van der Waals surface area contributed by atoms with Gasteiger partial charge in [0.25, 0.3) is 5.56 Å². The Kier molecular flexibility index (Phi) is 5.52. The van der Waals surface area contributed by atoms with Crippen LogP contribution in [0.1, 0.15) is 70.6 Å². The van der Waals surface area contributed by atoms with Crippen LogP contribution in [-0.4, -0.2) is 9.78 Å². The summed E-state index contributed by atoms with van der Waals surface area (Å²) in [4.78, 5) is 12.2. The van der Waals surface area contributed by atoms with E-state index in [9.17, 15) is 4.79 Å². The summed E-state index contributed by atoms with van der Waals surface area (Å²) in [6, 6.07) is 0. The number of hydrogen-bond acceptors (Lipinski definition) is 1. The average molecular weight is 238 g/mol. The average Bonchev–Trinajstić information content (AvgIpc) is 2.60. The van der Waals surface area contributed by atoms with Crippen molar-refractivity contribution in [1.29, 1.82) is 0 Å². The first-order valence-electron chi connectivity index (χ1n) is 6.93. The third-order valence-electron chi connectivity index (χ3n) is 3.16. The summed E-state index contributed by atoms with van der Waals surface area (Å²) < 4.78 is 1.80. The molecule has 0 saturated carbocycles. The van der Waals surface area contributed by atoms with Crippen molar-refractivity contribution in [3.8, 4) is 0 Å². The molecule has 0 aromatic carbocycles. The van der Waals surface area contributed by atoms with Gasteiger partial charge in [-0.15, -0.1) is 0 Å². The van der Waals surface area contributed by atoms with Crippen molar-refractivity contribution in [2.75, 3.05) is 0 Å². The highest BCUT2D eigenvalue weighted by molar-refractivity contribution is 5.21. The first-order valence-corrected chi connectivity index (χ1v) is 6.93. The van der Waals surface area contributed by atoms with E-state index in [1.54, 1.807) is 4.68 Å². The molecule has 0 aliphatic carbocycles. The maximum absolute atomic E-state index is 12.2. The lowest BCUT2D eigenvalue weighted by Gasteiger charge is -2.03. The molecule has 1 aromatic rings. The second-order valence-electron chi connectivity index (χ2n) is 5.07. The van der Waals surface area contributed by atoms with E-state index in [4.69, 9.17) is 0 Å². The molecule has 0 saturated heterocycles. The molecule has 0 unspecified atom stereocenters. The summed E-state index contributed by atoms with van der Waals surface area (Å²) in [6.07, 6.45) is 5.49. The zero-order valence-electron chi connectivity index (χ0n) is 11.7. The lowest BCUT2D eigenvalue weighted by Crippen LogP contribution is -2.19. The van der Waals surface area contributed by atoms with Gasteiger partial charge in [0, 0.05) is 17.8 Å². The summed E-state index contributed by atoms with van der Waals surface area (Å²) in [5, 5.41) is 3.31. The van der Waals surface area contributed by atoms with Crippen LogP contribution in [0, 0.1) is 0 Å². The number of H-pyrrole nitrogens is 1. The normalized spacial score (nSPS) is 11.4. The van der Waals surface area contributed by atoms with Gasteiger partial charge in [0.2, 0.25) is 0 Å². The predicted molar refractivity (Wildman–Crippen MR) is 72.7 cm³/mol. The van der Waals surface area contributed by atoms with Gasteiger partial charge in [-0.1, -0.05) is 40.5 Å². The van der Waals surface area contributed by atoms with Crippen LogP contribution in [0.15, 0.2) is 4.79 Å². The molecule has 3 nitrogen and oxygen atoms in total. The molecule has 0 atom stereocenters. The van der Waals surface area contributed by atoms with Gasteiger partial charge in [-0.2, -0.15) is 0 Å². The van der Waals surface area contributed by atoms with Crippen molar-refractivity contribution < 1.29 is 0 Å². The Balaban J connectivity index is 2.98. The maximum atomic E-state index is 12.2. The fraction of sp³-hybridized carbons (Fsp3) is 0.786. The monoisotopic (exact) mass is 238 g/mol. The standard InChI is InChI=1S/C14H26N2O/c1-5-7-9-12-13(11(3)4)14(17)16(15-12)10-8-6-2/h11,15H,5-10H2,1-4H3. The number of nitrogens with one attached hydrogen (secondary N) is 1. The van der Waals surface area contributed by atoms with E-state index in [1.807, 2.05) is 0 Å². The molecule has 3 heteroatoms. The molecule has 98 valence electrons. The van der Waals surface area contributed by atoms with Gasteiger partial charge in [0.15, 0.2) is 0 Å². The minimum Gasteiger partial charge on any atom is -0.299 e. The second-order valence-corrected chi connectivity index (χ2v) is 5.07. The number of aromatic nitrogens is 2. The fourth-order valence-corrected chi connectivity index (χ4v) is 2.16. The third-order valence-corrected chi connectivity index (χ3v) is 3.16. The highest BCUT2D eigenvalue weighted by Crippen LogP contribution is 2.16. The SMILES string of the molecule is CCCCc1[nH]n(CCCC)c(=O)c1C(C)C. The van der Waals surface area contributed by atoms with Crippen LogP contribution < -0.4 is 5.56 Å². The molecule has 1 heterocycles. The van der Waals surface area contributed by atoms with E-state index in [0.717, 1.165) is 43.5 Å². The van der Waals surface area contributed by atoms with Crippen LogP contribution in [0.25, 0.3) is 0 Å². The quantitative estimate of drug-likeness (QED) is 0.776. The van der Waals surface area contributed by atoms with E-state index in [-0.39, 0.29) is 5.56 Å².